The van der Waals surface area contributed by atoms with Crippen LogP contribution in [0.2, 0.25) is 0 Å². The first-order valence-electron chi connectivity index (χ1n) is 10.4. The van der Waals surface area contributed by atoms with Crippen molar-refractivity contribution in [3.05, 3.63) is 35.9 Å². The lowest BCUT2D eigenvalue weighted by Gasteiger charge is -2.34. The van der Waals surface area contributed by atoms with Crippen LogP contribution >= 0.6 is 24.0 Å². The van der Waals surface area contributed by atoms with Crippen LogP contribution in [0.3, 0.4) is 0 Å². The number of hydrogen-bond acceptors (Lipinski definition) is 4. The Hall–Kier alpha value is -1.55. The molecule has 7 nitrogen and oxygen atoms in total. The quantitative estimate of drug-likeness (QED) is 0.298. The maximum absolute atomic E-state index is 12.3. The third kappa shape index (κ3) is 9.07. The fourth-order valence-corrected chi connectivity index (χ4v) is 3.42. The van der Waals surface area contributed by atoms with Gasteiger partial charge in [0.25, 0.3) is 0 Å². The summed E-state index contributed by atoms with van der Waals surface area (Å²) < 4.78 is 5.50. The molecule has 0 aliphatic carbocycles. The number of rotatable bonds is 6. The van der Waals surface area contributed by atoms with E-state index in [1.165, 1.54) is 0 Å². The topological polar surface area (TPSA) is 86.2 Å². The first-order valence-corrected chi connectivity index (χ1v) is 10.4. The Morgan fingerprint density at radius 2 is 2.00 bits per heavy atom. The molecule has 0 radical (unpaired) electrons. The van der Waals surface area contributed by atoms with Crippen molar-refractivity contribution >= 4 is 36.0 Å². The van der Waals surface area contributed by atoms with Crippen LogP contribution in [0.1, 0.15) is 45.1 Å². The number of hydrogen-bond donors (Lipinski definition) is 3. The second-order valence-electron chi connectivity index (χ2n) is 8.56. The number of guanidine groups is 1. The molecule has 1 fully saturated rings. The summed E-state index contributed by atoms with van der Waals surface area (Å²) in [5.74, 6) is 1.05. The highest BCUT2D eigenvalue weighted by Crippen LogP contribution is 2.19. The molecule has 0 aromatic heterocycles. The van der Waals surface area contributed by atoms with Crippen LogP contribution in [0.4, 0.5) is 4.79 Å². The summed E-state index contributed by atoms with van der Waals surface area (Å²) in [5.41, 5.74) is 0.620. The molecule has 30 heavy (non-hydrogen) atoms. The van der Waals surface area contributed by atoms with Crippen molar-refractivity contribution in [3.8, 4) is 0 Å². The van der Waals surface area contributed by atoms with Gasteiger partial charge in [0.15, 0.2) is 5.96 Å². The molecule has 0 bridgehead atoms. The Labute approximate surface area is 197 Å². The minimum absolute atomic E-state index is 0. The number of carbonyl (C=O) groups excluding carboxylic acids is 1. The van der Waals surface area contributed by atoms with Gasteiger partial charge in [-0.05, 0) is 45.1 Å². The predicted octanol–water partition coefficient (Wildman–Crippen LogP) is 3.19. The van der Waals surface area contributed by atoms with Crippen LogP contribution in [-0.2, 0) is 4.74 Å². The van der Waals surface area contributed by atoms with Crippen molar-refractivity contribution < 1.29 is 14.6 Å². The zero-order valence-corrected chi connectivity index (χ0v) is 20.9. The number of benzene rings is 1. The smallest absolute Gasteiger partial charge is 0.410 e. The van der Waals surface area contributed by atoms with E-state index in [1.807, 2.05) is 51.1 Å². The third-order valence-corrected chi connectivity index (χ3v) is 4.96. The van der Waals surface area contributed by atoms with Crippen LogP contribution in [0, 0.1) is 5.92 Å². The molecule has 170 valence electrons. The number of aliphatic hydroxyl groups is 1. The molecule has 2 atom stereocenters. The Morgan fingerprint density at radius 3 is 2.60 bits per heavy atom. The van der Waals surface area contributed by atoms with Gasteiger partial charge in [-0.1, -0.05) is 30.3 Å². The van der Waals surface area contributed by atoms with Gasteiger partial charge in [0.05, 0.1) is 6.61 Å². The largest absolute Gasteiger partial charge is 0.444 e. The Kier molecular flexibility index (Phi) is 11.5. The number of nitrogens with one attached hydrogen (secondary N) is 2. The number of amides is 1. The van der Waals surface area contributed by atoms with Crippen LogP contribution in [0.5, 0.6) is 0 Å². The standard InChI is InChI=1S/C22H36N4O3.HI/c1-22(2,3)29-21(28)26-12-8-9-17(15-26)13-24-20(23-4)25-14-19(16-27)18-10-6-5-7-11-18;/h5-7,10-11,17,19,27H,8-9,12-16H2,1-4H3,(H2,23,24,25);1H. The Morgan fingerprint density at radius 1 is 1.30 bits per heavy atom. The van der Waals surface area contributed by atoms with Crippen molar-refractivity contribution in [2.24, 2.45) is 10.9 Å². The van der Waals surface area contributed by atoms with Crippen molar-refractivity contribution in [1.29, 1.82) is 0 Å². The van der Waals surface area contributed by atoms with Crippen LogP contribution in [0.15, 0.2) is 35.3 Å². The van der Waals surface area contributed by atoms with Crippen LogP contribution in [-0.4, -0.2) is 67.5 Å². The fourth-order valence-electron chi connectivity index (χ4n) is 3.42. The molecule has 1 amide bonds. The molecule has 3 N–H and O–H groups in total. The van der Waals surface area contributed by atoms with Gasteiger partial charge in [-0.25, -0.2) is 4.79 Å². The van der Waals surface area contributed by atoms with E-state index in [1.54, 1.807) is 11.9 Å². The Bertz CT molecular complexity index is 664. The molecular weight excluding hydrogens is 495 g/mol. The van der Waals surface area contributed by atoms with E-state index in [4.69, 9.17) is 4.74 Å². The van der Waals surface area contributed by atoms with Gasteiger partial charge in [0, 0.05) is 39.1 Å². The summed E-state index contributed by atoms with van der Waals surface area (Å²) in [6, 6.07) is 9.96. The lowest BCUT2D eigenvalue weighted by molar-refractivity contribution is 0.0168. The van der Waals surface area contributed by atoms with Crippen LogP contribution < -0.4 is 10.6 Å². The molecule has 1 aromatic rings. The van der Waals surface area contributed by atoms with Gasteiger partial charge in [-0.15, -0.1) is 24.0 Å². The Balaban J connectivity index is 0.00000450. The number of aliphatic hydroxyl groups excluding tert-OH is 1. The lowest BCUT2D eigenvalue weighted by Crippen LogP contribution is -2.47. The van der Waals surface area contributed by atoms with Gasteiger partial charge in [-0.3, -0.25) is 4.99 Å². The van der Waals surface area contributed by atoms with E-state index in [2.05, 4.69) is 15.6 Å². The van der Waals surface area contributed by atoms with Crippen molar-refractivity contribution in [2.45, 2.75) is 45.1 Å². The second-order valence-corrected chi connectivity index (χ2v) is 8.56. The molecule has 1 heterocycles. The molecule has 1 aliphatic heterocycles. The van der Waals surface area contributed by atoms with E-state index in [9.17, 15) is 9.90 Å². The number of nitrogens with zero attached hydrogens (tertiary/aromatic N) is 2. The van der Waals surface area contributed by atoms with E-state index in [-0.39, 0.29) is 42.6 Å². The van der Waals surface area contributed by atoms with E-state index >= 15 is 0 Å². The highest BCUT2D eigenvalue weighted by atomic mass is 127. The lowest BCUT2D eigenvalue weighted by atomic mass is 9.98. The third-order valence-electron chi connectivity index (χ3n) is 4.96. The first kappa shape index (κ1) is 26.5. The summed E-state index contributed by atoms with van der Waals surface area (Å²) in [6.07, 6.45) is 1.79. The van der Waals surface area contributed by atoms with E-state index in [0.717, 1.165) is 31.5 Å². The van der Waals surface area contributed by atoms with Crippen molar-refractivity contribution in [1.82, 2.24) is 15.5 Å². The SMILES string of the molecule is CN=C(NCC1CCCN(C(=O)OC(C)(C)C)C1)NCC(CO)c1ccccc1.I. The highest BCUT2D eigenvalue weighted by Gasteiger charge is 2.27. The highest BCUT2D eigenvalue weighted by molar-refractivity contribution is 14.0. The molecule has 0 spiro atoms. The molecule has 2 rings (SSSR count). The number of halogens is 1. The molecule has 2 unspecified atom stereocenters. The normalized spacial score (nSPS) is 18.2. The number of ether oxygens (including phenoxy) is 1. The minimum atomic E-state index is -0.476. The first-order chi connectivity index (χ1) is 13.8. The van der Waals surface area contributed by atoms with Crippen molar-refractivity contribution in [2.75, 3.05) is 39.8 Å². The van der Waals surface area contributed by atoms with Gasteiger partial charge >= 0.3 is 6.09 Å². The summed E-state index contributed by atoms with van der Waals surface area (Å²) in [4.78, 5) is 18.4. The number of likely N-dealkylation sites (tertiary alicyclic amines) is 1. The van der Waals surface area contributed by atoms with Crippen molar-refractivity contribution in [3.63, 3.8) is 0 Å². The fraction of sp³-hybridized carbons (Fsp3) is 0.636. The molecular formula is C22H37IN4O3. The zero-order valence-electron chi connectivity index (χ0n) is 18.6. The number of piperidine rings is 1. The zero-order chi connectivity index (χ0) is 21.3. The van der Waals surface area contributed by atoms with Gasteiger partial charge in [0.2, 0.25) is 0 Å². The van der Waals surface area contributed by atoms with E-state index in [0.29, 0.717) is 25.0 Å². The predicted molar refractivity (Wildman–Crippen MR) is 132 cm³/mol. The van der Waals surface area contributed by atoms with Gasteiger partial charge < -0.3 is 25.4 Å². The second kappa shape index (κ2) is 13.0. The molecule has 0 saturated carbocycles. The van der Waals surface area contributed by atoms with Crippen LogP contribution in [0.25, 0.3) is 0 Å². The number of aliphatic imine (C=N–C) groups is 1. The molecule has 1 saturated heterocycles. The molecule has 1 aromatic carbocycles. The number of carbonyl (C=O) groups is 1. The van der Waals surface area contributed by atoms with Gasteiger partial charge in [0.1, 0.15) is 5.60 Å². The summed E-state index contributed by atoms with van der Waals surface area (Å²) in [5, 5.41) is 16.4. The monoisotopic (exact) mass is 532 g/mol. The van der Waals surface area contributed by atoms with E-state index < -0.39 is 5.60 Å². The summed E-state index contributed by atoms with van der Waals surface area (Å²) >= 11 is 0. The average molecular weight is 532 g/mol. The minimum Gasteiger partial charge on any atom is -0.444 e. The summed E-state index contributed by atoms with van der Waals surface area (Å²) in [7, 11) is 1.74. The average Bonchev–Trinajstić information content (AvgIpc) is 2.70. The van der Waals surface area contributed by atoms with Gasteiger partial charge in [-0.2, -0.15) is 0 Å². The summed E-state index contributed by atoms with van der Waals surface area (Å²) in [6.45, 7) is 8.48. The maximum atomic E-state index is 12.3. The molecule has 8 heteroatoms. The molecule has 1 aliphatic rings. The maximum Gasteiger partial charge on any atom is 0.410 e.